The first-order chi connectivity index (χ1) is 11.5. The van der Waals surface area contributed by atoms with Crippen molar-refractivity contribution in [2.24, 2.45) is 5.92 Å². The summed E-state index contributed by atoms with van der Waals surface area (Å²) in [5, 5.41) is 12.1. The van der Waals surface area contributed by atoms with E-state index >= 15 is 0 Å². The van der Waals surface area contributed by atoms with Gasteiger partial charge in [-0.2, -0.15) is 11.8 Å². The molecule has 8 heteroatoms. The molecule has 1 aromatic carbocycles. The molecular formula is C16H20ClFN2O3S. The van der Waals surface area contributed by atoms with Gasteiger partial charge in [0.25, 0.3) is 0 Å². The molecule has 1 heterocycles. The highest BCUT2D eigenvalue weighted by atomic mass is 35.5. The fraction of sp³-hybridized carbons (Fsp3) is 0.500. The standard InChI is InChI=1S/C16H20ClFN2O3S/c1-24-5-4-11(9-21)19-16(23)10-6-15(22)20(8-10)12-2-3-14(18)13(17)7-12/h2-3,7,10-11,21H,4-6,8-9H2,1H3,(H,19,23)/t10-,11-/m0/s1. The average Bonchev–Trinajstić information content (AvgIpc) is 2.95. The van der Waals surface area contributed by atoms with Crippen LogP contribution in [-0.4, -0.2) is 48.1 Å². The lowest BCUT2D eigenvalue weighted by Crippen LogP contribution is -2.42. The van der Waals surface area contributed by atoms with Crippen molar-refractivity contribution in [3.63, 3.8) is 0 Å². The number of thioether (sulfide) groups is 1. The summed E-state index contributed by atoms with van der Waals surface area (Å²) in [5.74, 6) is -0.678. The van der Waals surface area contributed by atoms with Gasteiger partial charge in [0.2, 0.25) is 11.8 Å². The van der Waals surface area contributed by atoms with Gasteiger partial charge >= 0.3 is 0 Å². The molecule has 2 N–H and O–H groups in total. The number of hydrogen-bond donors (Lipinski definition) is 2. The summed E-state index contributed by atoms with van der Waals surface area (Å²) in [4.78, 5) is 25.9. The van der Waals surface area contributed by atoms with Gasteiger partial charge in [0.05, 0.1) is 23.6 Å². The Morgan fingerprint density at radius 3 is 2.96 bits per heavy atom. The number of benzene rings is 1. The SMILES string of the molecule is CSCC[C@@H](CO)NC(=O)[C@H]1CC(=O)N(c2ccc(F)c(Cl)c2)C1. The molecule has 0 aromatic heterocycles. The van der Waals surface area contributed by atoms with Crippen LogP contribution in [0.2, 0.25) is 5.02 Å². The normalized spacial score (nSPS) is 18.8. The highest BCUT2D eigenvalue weighted by Crippen LogP contribution is 2.28. The fourth-order valence-electron chi connectivity index (χ4n) is 2.57. The van der Waals surface area contributed by atoms with Crippen molar-refractivity contribution >= 4 is 40.9 Å². The van der Waals surface area contributed by atoms with E-state index in [2.05, 4.69) is 5.32 Å². The second-order valence-electron chi connectivity index (χ2n) is 5.67. The molecule has 1 saturated heterocycles. The zero-order chi connectivity index (χ0) is 17.7. The van der Waals surface area contributed by atoms with Gasteiger partial charge in [-0.05, 0) is 36.6 Å². The van der Waals surface area contributed by atoms with Gasteiger partial charge in [0, 0.05) is 18.7 Å². The largest absolute Gasteiger partial charge is 0.394 e. The molecule has 1 aliphatic rings. The second kappa shape index (κ2) is 8.69. The number of carbonyl (C=O) groups excluding carboxylic acids is 2. The minimum absolute atomic E-state index is 0.0642. The Balaban J connectivity index is 2.00. The number of rotatable bonds is 7. The van der Waals surface area contributed by atoms with Gasteiger partial charge in [0.15, 0.2) is 0 Å². The van der Waals surface area contributed by atoms with Crippen LogP contribution in [0.1, 0.15) is 12.8 Å². The maximum atomic E-state index is 13.2. The van der Waals surface area contributed by atoms with E-state index in [0.717, 1.165) is 5.75 Å². The first-order valence-corrected chi connectivity index (χ1v) is 9.39. The maximum Gasteiger partial charge on any atom is 0.227 e. The predicted molar refractivity (Wildman–Crippen MR) is 93.9 cm³/mol. The van der Waals surface area contributed by atoms with E-state index in [0.29, 0.717) is 12.1 Å². The Kier molecular flexibility index (Phi) is 6.89. The van der Waals surface area contributed by atoms with Gasteiger partial charge in [0.1, 0.15) is 5.82 Å². The molecule has 0 aliphatic carbocycles. The van der Waals surface area contributed by atoms with Crippen LogP contribution in [0.25, 0.3) is 0 Å². The van der Waals surface area contributed by atoms with Crippen LogP contribution < -0.4 is 10.2 Å². The zero-order valence-electron chi connectivity index (χ0n) is 13.3. The monoisotopic (exact) mass is 374 g/mol. The van der Waals surface area contributed by atoms with Crippen LogP contribution in [0.3, 0.4) is 0 Å². The molecule has 0 spiro atoms. The van der Waals surface area contributed by atoms with E-state index < -0.39 is 11.7 Å². The van der Waals surface area contributed by atoms with E-state index in [1.165, 1.54) is 23.1 Å². The molecule has 1 aliphatic heterocycles. The summed E-state index contributed by atoms with van der Waals surface area (Å²) in [6.45, 7) is 0.0809. The van der Waals surface area contributed by atoms with Crippen LogP contribution in [0.5, 0.6) is 0 Å². The summed E-state index contributed by atoms with van der Waals surface area (Å²) in [5.41, 5.74) is 0.475. The third-order valence-corrected chi connectivity index (χ3v) is 4.88. The number of hydrogen-bond acceptors (Lipinski definition) is 4. The number of halogens is 2. The van der Waals surface area contributed by atoms with Gasteiger partial charge < -0.3 is 15.3 Å². The lowest BCUT2D eigenvalue weighted by Gasteiger charge is -2.19. The van der Waals surface area contributed by atoms with Crippen LogP contribution in [-0.2, 0) is 9.59 Å². The van der Waals surface area contributed by atoms with Gasteiger partial charge in [-0.3, -0.25) is 9.59 Å². The van der Waals surface area contributed by atoms with Gasteiger partial charge in [-0.25, -0.2) is 4.39 Å². The summed E-state index contributed by atoms with van der Waals surface area (Å²) in [6.07, 6.45) is 2.71. The highest BCUT2D eigenvalue weighted by Gasteiger charge is 2.35. The van der Waals surface area contributed by atoms with E-state index in [1.54, 1.807) is 11.8 Å². The third kappa shape index (κ3) is 4.62. The van der Waals surface area contributed by atoms with Crippen LogP contribution >= 0.6 is 23.4 Å². The average molecular weight is 375 g/mol. The summed E-state index contributed by atoms with van der Waals surface area (Å²) >= 11 is 7.39. The molecule has 5 nitrogen and oxygen atoms in total. The molecule has 0 unspecified atom stereocenters. The molecule has 132 valence electrons. The molecule has 2 rings (SSSR count). The number of aliphatic hydroxyl groups is 1. The molecule has 24 heavy (non-hydrogen) atoms. The smallest absolute Gasteiger partial charge is 0.227 e. The van der Waals surface area contributed by atoms with Crippen LogP contribution in [0.4, 0.5) is 10.1 Å². The number of aliphatic hydroxyl groups excluding tert-OH is 1. The van der Waals surface area contributed by atoms with Crippen molar-refractivity contribution in [1.29, 1.82) is 0 Å². The number of nitrogens with zero attached hydrogens (tertiary/aromatic N) is 1. The molecule has 1 fully saturated rings. The Morgan fingerprint density at radius 1 is 1.58 bits per heavy atom. The Hall–Kier alpha value is -1.31. The van der Waals surface area contributed by atoms with Gasteiger partial charge in [-0.1, -0.05) is 11.6 Å². The minimum Gasteiger partial charge on any atom is -0.394 e. The van der Waals surface area contributed by atoms with Crippen molar-refractivity contribution in [2.45, 2.75) is 18.9 Å². The minimum atomic E-state index is -0.555. The topological polar surface area (TPSA) is 69.6 Å². The Morgan fingerprint density at radius 2 is 2.33 bits per heavy atom. The molecule has 2 atom stereocenters. The van der Waals surface area contributed by atoms with Crippen molar-refractivity contribution < 1.29 is 19.1 Å². The van der Waals surface area contributed by atoms with E-state index in [9.17, 15) is 19.1 Å². The number of amides is 2. The lowest BCUT2D eigenvalue weighted by molar-refractivity contribution is -0.127. The molecular weight excluding hydrogens is 355 g/mol. The van der Waals surface area contributed by atoms with E-state index in [4.69, 9.17) is 11.6 Å². The van der Waals surface area contributed by atoms with Crippen molar-refractivity contribution in [3.05, 3.63) is 29.0 Å². The first kappa shape index (κ1) is 19.0. The number of carbonyl (C=O) groups is 2. The Labute approximate surface area is 149 Å². The summed E-state index contributed by atoms with van der Waals surface area (Å²) in [6, 6.07) is 3.73. The lowest BCUT2D eigenvalue weighted by atomic mass is 10.1. The molecule has 1 aromatic rings. The maximum absolute atomic E-state index is 13.2. The zero-order valence-corrected chi connectivity index (χ0v) is 14.9. The van der Waals surface area contributed by atoms with Crippen molar-refractivity contribution in [3.8, 4) is 0 Å². The molecule has 0 radical (unpaired) electrons. The van der Waals surface area contributed by atoms with E-state index in [1.807, 2.05) is 6.26 Å². The molecule has 0 saturated carbocycles. The second-order valence-corrected chi connectivity index (χ2v) is 7.07. The quantitative estimate of drug-likeness (QED) is 0.766. The van der Waals surface area contributed by atoms with Crippen molar-refractivity contribution in [2.75, 3.05) is 30.1 Å². The van der Waals surface area contributed by atoms with Gasteiger partial charge in [-0.15, -0.1) is 0 Å². The fourth-order valence-corrected chi connectivity index (χ4v) is 3.27. The highest BCUT2D eigenvalue weighted by molar-refractivity contribution is 7.98. The Bertz CT molecular complexity index is 617. The number of nitrogens with one attached hydrogen (secondary N) is 1. The first-order valence-electron chi connectivity index (χ1n) is 7.61. The third-order valence-electron chi connectivity index (χ3n) is 3.95. The summed E-state index contributed by atoms with van der Waals surface area (Å²) in [7, 11) is 0. The predicted octanol–water partition coefficient (Wildman–Crippen LogP) is 2.06. The van der Waals surface area contributed by atoms with Crippen LogP contribution in [0, 0.1) is 11.7 Å². The van der Waals surface area contributed by atoms with Crippen LogP contribution in [0.15, 0.2) is 18.2 Å². The molecule has 2 amide bonds. The summed E-state index contributed by atoms with van der Waals surface area (Å²) < 4.78 is 13.2. The van der Waals surface area contributed by atoms with Crippen molar-refractivity contribution in [1.82, 2.24) is 5.32 Å². The van der Waals surface area contributed by atoms with E-state index in [-0.39, 0.29) is 42.5 Å². The molecule has 0 bridgehead atoms. The number of anilines is 1.